The molecule has 0 fully saturated rings. The second-order valence-corrected chi connectivity index (χ2v) is 5.14. The van der Waals surface area contributed by atoms with Gasteiger partial charge >= 0.3 is 0 Å². The molecule has 0 aliphatic rings. The highest BCUT2D eigenvalue weighted by Crippen LogP contribution is 2.16. The fourth-order valence-corrected chi connectivity index (χ4v) is 2.13. The zero-order valence-electron chi connectivity index (χ0n) is 13.7. The van der Waals surface area contributed by atoms with E-state index in [-0.39, 0.29) is 11.8 Å². The monoisotopic (exact) mass is 306 g/mol. The van der Waals surface area contributed by atoms with Crippen LogP contribution in [0, 0.1) is 0 Å². The largest absolute Gasteiger partial charge is 0.385 e. The van der Waals surface area contributed by atoms with Crippen molar-refractivity contribution in [1.29, 1.82) is 0 Å². The Kier molecular flexibility index (Phi) is 8.22. The van der Waals surface area contributed by atoms with E-state index in [2.05, 4.69) is 12.2 Å². The number of nitrogens with one attached hydrogen (secondary N) is 1. The van der Waals surface area contributed by atoms with Crippen LogP contribution < -0.4 is 10.2 Å². The number of aryl methyl sites for hydroxylation is 1. The van der Waals surface area contributed by atoms with Crippen molar-refractivity contribution in [3.63, 3.8) is 0 Å². The maximum Gasteiger partial charge on any atom is 0.223 e. The Bertz CT molecular complexity index is 471. The number of ether oxygens (including phenoxy) is 1. The molecule has 22 heavy (non-hydrogen) atoms. The minimum absolute atomic E-state index is 0.0486. The molecule has 0 radical (unpaired) electrons. The van der Waals surface area contributed by atoms with Crippen molar-refractivity contribution in [2.24, 2.45) is 0 Å². The van der Waals surface area contributed by atoms with Crippen LogP contribution in [0.25, 0.3) is 0 Å². The predicted octanol–water partition coefficient (Wildman–Crippen LogP) is 2.14. The van der Waals surface area contributed by atoms with Gasteiger partial charge in [-0.05, 0) is 30.5 Å². The third-order valence-corrected chi connectivity index (χ3v) is 3.45. The molecule has 5 nitrogen and oxygen atoms in total. The predicted molar refractivity (Wildman–Crippen MR) is 88.0 cm³/mol. The lowest BCUT2D eigenvalue weighted by Crippen LogP contribution is -2.34. The Morgan fingerprint density at radius 3 is 2.45 bits per heavy atom. The van der Waals surface area contributed by atoms with Crippen LogP contribution in [0.4, 0.5) is 5.69 Å². The average Bonchev–Trinajstić information content (AvgIpc) is 2.52. The van der Waals surface area contributed by atoms with Crippen molar-refractivity contribution in [3.8, 4) is 0 Å². The zero-order valence-corrected chi connectivity index (χ0v) is 13.7. The summed E-state index contributed by atoms with van der Waals surface area (Å²) >= 11 is 0. The highest BCUT2D eigenvalue weighted by molar-refractivity contribution is 5.92. The van der Waals surface area contributed by atoms with Gasteiger partial charge in [0.2, 0.25) is 11.8 Å². The van der Waals surface area contributed by atoms with Crippen molar-refractivity contribution in [2.75, 3.05) is 31.7 Å². The summed E-state index contributed by atoms with van der Waals surface area (Å²) in [6.45, 7) is 5.22. The van der Waals surface area contributed by atoms with Crippen molar-refractivity contribution in [2.45, 2.75) is 33.1 Å². The summed E-state index contributed by atoms with van der Waals surface area (Å²) < 4.78 is 4.93. The van der Waals surface area contributed by atoms with E-state index in [1.165, 1.54) is 12.5 Å². The zero-order chi connectivity index (χ0) is 16.4. The number of benzene rings is 1. The Morgan fingerprint density at radius 1 is 1.23 bits per heavy atom. The summed E-state index contributed by atoms with van der Waals surface area (Å²) in [6, 6.07) is 7.87. The summed E-state index contributed by atoms with van der Waals surface area (Å²) in [7, 11) is 1.64. The molecule has 0 spiro atoms. The lowest BCUT2D eigenvalue weighted by molar-refractivity contribution is -0.121. The molecule has 5 heteroatoms. The van der Waals surface area contributed by atoms with Gasteiger partial charge < -0.3 is 15.0 Å². The van der Waals surface area contributed by atoms with Crippen LogP contribution in [-0.2, 0) is 20.7 Å². The van der Waals surface area contributed by atoms with E-state index in [9.17, 15) is 9.59 Å². The molecular formula is C17H26N2O3. The van der Waals surface area contributed by atoms with Gasteiger partial charge in [-0.25, -0.2) is 0 Å². The minimum atomic E-state index is -0.0589. The Hall–Kier alpha value is -1.88. The van der Waals surface area contributed by atoms with E-state index in [0.29, 0.717) is 26.1 Å². The van der Waals surface area contributed by atoms with Crippen LogP contribution in [0.5, 0.6) is 0 Å². The van der Waals surface area contributed by atoms with Crippen LogP contribution in [0.15, 0.2) is 24.3 Å². The van der Waals surface area contributed by atoms with E-state index in [1.54, 1.807) is 12.0 Å². The van der Waals surface area contributed by atoms with Gasteiger partial charge in [-0.15, -0.1) is 0 Å². The molecule has 122 valence electrons. The number of hydrogen-bond donors (Lipinski definition) is 1. The number of methoxy groups -OCH3 is 1. The second kappa shape index (κ2) is 9.95. The summed E-state index contributed by atoms with van der Waals surface area (Å²) in [5.74, 6) is -0.107. The van der Waals surface area contributed by atoms with Gasteiger partial charge in [0.15, 0.2) is 0 Å². The Morgan fingerprint density at radius 2 is 1.91 bits per heavy atom. The topological polar surface area (TPSA) is 58.6 Å². The normalized spacial score (nSPS) is 10.3. The third kappa shape index (κ3) is 6.26. The Labute approximate surface area is 132 Å². The van der Waals surface area contributed by atoms with Crippen molar-refractivity contribution < 1.29 is 14.3 Å². The smallest absolute Gasteiger partial charge is 0.223 e. The first-order valence-electron chi connectivity index (χ1n) is 7.71. The number of hydrogen-bond acceptors (Lipinski definition) is 3. The molecule has 0 bridgehead atoms. The second-order valence-electron chi connectivity index (χ2n) is 5.14. The maximum absolute atomic E-state index is 11.8. The first kappa shape index (κ1) is 18.2. The summed E-state index contributed by atoms with van der Waals surface area (Å²) in [4.78, 5) is 25.2. The number of anilines is 1. The quantitative estimate of drug-likeness (QED) is 0.711. The van der Waals surface area contributed by atoms with E-state index in [4.69, 9.17) is 4.74 Å². The SMILES string of the molecule is CCc1ccc(N(CCC(=O)NCCCOC)C(C)=O)cc1. The summed E-state index contributed by atoms with van der Waals surface area (Å²) in [5.41, 5.74) is 2.06. The fourth-order valence-electron chi connectivity index (χ4n) is 2.13. The molecule has 1 N–H and O–H groups in total. The lowest BCUT2D eigenvalue weighted by atomic mass is 10.1. The molecule has 0 atom stereocenters. The van der Waals surface area contributed by atoms with Crippen LogP contribution >= 0.6 is 0 Å². The average molecular weight is 306 g/mol. The molecule has 0 unspecified atom stereocenters. The molecule has 0 saturated heterocycles. The molecule has 0 heterocycles. The maximum atomic E-state index is 11.8. The van der Waals surface area contributed by atoms with Crippen LogP contribution in [0.1, 0.15) is 32.3 Å². The molecule has 1 rings (SSSR count). The van der Waals surface area contributed by atoms with Crippen molar-refractivity contribution in [3.05, 3.63) is 29.8 Å². The number of rotatable bonds is 9. The van der Waals surface area contributed by atoms with Gasteiger partial charge in [0.05, 0.1) is 0 Å². The van der Waals surface area contributed by atoms with Gasteiger partial charge in [0.25, 0.3) is 0 Å². The van der Waals surface area contributed by atoms with Crippen LogP contribution in [0.3, 0.4) is 0 Å². The number of carbonyl (C=O) groups excluding carboxylic acids is 2. The van der Waals surface area contributed by atoms with Crippen LogP contribution in [0.2, 0.25) is 0 Å². The highest BCUT2D eigenvalue weighted by Gasteiger charge is 2.13. The molecule has 0 aliphatic carbocycles. The Balaban J connectivity index is 2.50. The van der Waals surface area contributed by atoms with Gasteiger partial charge in [0.1, 0.15) is 0 Å². The van der Waals surface area contributed by atoms with Gasteiger partial charge in [-0.1, -0.05) is 19.1 Å². The third-order valence-electron chi connectivity index (χ3n) is 3.45. The van der Waals surface area contributed by atoms with Gasteiger partial charge in [0, 0.05) is 45.8 Å². The van der Waals surface area contributed by atoms with Crippen molar-refractivity contribution >= 4 is 17.5 Å². The van der Waals surface area contributed by atoms with Gasteiger partial charge in [-0.2, -0.15) is 0 Å². The highest BCUT2D eigenvalue weighted by atomic mass is 16.5. The van der Waals surface area contributed by atoms with E-state index >= 15 is 0 Å². The first-order valence-corrected chi connectivity index (χ1v) is 7.71. The fraction of sp³-hybridized carbons (Fsp3) is 0.529. The molecular weight excluding hydrogens is 280 g/mol. The summed E-state index contributed by atoms with van der Waals surface area (Å²) in [5, 5.41) is 2.82. The van der Waals surface area contributed by atoms with E-state index < -0.39 is 0 Å². The summed E-state index contributed by atoms with van der Waals surface area (Å²) in [6.07, 6.45) is 2.05. The molecule has 0 saturated carbocycles. The lowest BCUT2D eigenvalue weighted by Gasteiger charge is -2.21. The van der Waals surface area contributed by atoms with Gasteiger partial charge in [-0.3, -0.25) is 9.59 Å². The first-order chi connectivity index (χ1) is 10.6. The van der Waals surface area contributed by atoms with E-state index in [1.807, 2.05) is 24.3 Å². The molecule has 1 aromatic carbocycles. The molecule has 0 aliphatic heterocycles. The number of nitrogens with zero attached hydrogens (tertiary/aromatic N) is 1. The van der Waals surface area contributed by atoms with Crippen molar-refractivity contribution in [1.82, 2.24) is 5.32 Å². The van der Waals surface area contributed by atoms with Crippen LogP contribution in [-0.4, -0.2) is 38.6 Å². The minimum Gasteiger partial charge on any atom is -0.385 e. The standard InChI is InChI=1S/C17H26N2O3/c1-4-15-6-8-16(9-7-15)19(14(2)20)12-10-17(21)18-11-5-13-22-3/h6-9H,4-5,10-13H2,1-3H3,(H,18,21). The number of carbonyl (C=O) groups is 2. The molecule has 1 aromatic rings. The number of amides is 2. The van der Waals surface area contributed by atoms with E-state index in [0.717, 1.165) is 18.5 Å². The molecule has 2 amide bonds. The molecule has 0 aromatic heterocycles.